The van der Waals surface area contributed by atoms with Crippen molar-refractivity contribution in [2.75, 3.05) is 5.32 Å². The molecule has 0 aliphatic rings. The number of aromatic nitrogens is 2. The number of aryl methyl sites for hydroxylation is 2. The fourth-order valence-corrected chi connectivity index (χ4v) is 2.10. The predicted octanol–water partition coefficient (Wildman–Crippen LogP) is 3.10. The van der Waals surface area contributed by atoms with Gasteiger partial charge in [0.2, 0.25) is 0 Å². The van der Waals surface area contributed by atoms with E-state index < -0.39 is 0 Å². The first-order valence-electron chi connectivity index (χ1n) is 6.38. The van der Waals surface area contributed by atoms with E-state index >= 15 is 0 Å². The minimum Gasteiger partial charge on any atom is -0.330 e. The molecule has 0 bridgehead atoms. The molecule has 2 rings (SSSR count). The van der Waals surface area contributed by atoms with Crippen molar-refractivity contribution in [2.24, 2.45) is 7.05 Å². The van der Waals surface area contributed by atoms with E-state index in [9.17, 15) is 4.79 Å². The van der Waals surface area contributed by atoms with Gasteiger partial charge in [0.25, 0.3) is 5.91 Å². The number of amides is 1. The van der Waals surface area contributed by atoms with Gasteiger partial charge in [-0.05, 0) is 24.0 Å². The van der Waals surface area contributed by atoms with Crippen LogP contribution in [0.2, 0.25) is 0 Å². The molecule has 0 unspecified atom stereocenters. The molecule has 1 heterocycles. The Kier molecular flexibility index (Phi) is 3.69. The molecule has 1 aromatic carbocycles. The molecule has 0 fully saturated rings. The maximum Gasteiger partial charge on any atom is 0.273 e. The summed E-state index contributed by atoms with van der Waals surface area (Å²) < 4.78 is 1.71. The van der Waals surface area contributed by atoms with Crippen LogP contribution in [0.3, 0.4) is 0 Å². The lowest BCUT2D eigenvalue weighted by atomic mass is 9.98. The van der Waals surface area contributed by atoms with Gasteiger partial charge in [0.1, 0.15) is 5.69 Å². The number of hydrogen-bond acceptors (Lipinski definition) is 2. The third-order valence-corrected chi connectivity index (χ3v) is 3.21. The maximum absolute atomic E-state index is 12.3. The Labute approximate surface area is 113 Å². The van der Waals surface area contributed by atoms with E-state index in [4.69, 9.17) is 0 Å². The first-order chi connectivity index (χ1) is 9.00. The Hall–Kier alpha value is -2.10. The number of para-hydroxylation sites is 1. The zero-order chi connectivity index (χ0) is 14.0. The first-order valence-corrected chi connectivity index (χ1v) is 6.38. The zero-order valence-corrected chi connectivity index (χ0v) is 11.8. The molecule has 0 saturated carbocycles. The quantitative estimate of drug-likeness (QED) is 0.918. The number of nitrogens with one attached hydrogen (secondary N) is 1. The summed E-state index contributed by atoms with van der Waals surface area (Å²) >= 11 is 0. The van der Waals surface area contributed by atoms with Gasteiger partial charge in [-0.25, -0.2) is 4.98 Å². The van der Waals surface area contributed by atoms with Crippen LogP contribution in [0.15, 0.2) is 30.7 Å². The normalized spacial score (nSPS) is 10.8. The van der Waals surface area contributed by atoms with E-state index in [2.05, 4.69) is 30.2 Å². The number of nitrogens with zero attached hydrogens (tertiary/aromatic N) is 2. The van der Waals surface area contributed by atoms with E-state index in [0.717, 1.165) is 16.8 Å². The third kappa shape index (κ3) is 2.67. The molecule has 1 aromatic heterocycles. The van der Waals surface area contributed by atoms with Gasteiger partial charge in [0, 0.05) is 12.7 Å². The summed E-state index contributed by atoms with van der Waals surface area (Å²) in [4.78, 5) is 16.2. The smallest absolute Gasteiger partial charge is 0.273 e. The Bertz CT molecular complexity index is 599. The first kappa shape index (κ1) is 13.3. The van der Waals surface area contributed by atoms with Gasteiger partial charge >= 0.3 is 0 Å². The van der Waals surface area contributed by atoms with Crippen LogP contribution in [0.5, 0.6) is 0 Å². The van der Waals surface area contributed by atoms with Crippen LogP contribution in [0.1, 0.15) is 41.4 Å². The molecule has 19 heavy (non-hydrogen) atoms. The van der Waals surface area contributed by atoms with Crippen LogP contribution < -0.4 is 5.32 Å². The van der Waals surface area contributed by atoms with Crippen molar-refractivity contribution in [3.63, 3.8) is 0 Å². The van der Waals surface area contributed by atoms with E-state index in [1.807, 2.05) is 26.1 Å². The number of hydrogen-bond donors (Lipinski definition) is 1. The third-order valence-electron chi connectivity index (χ3n) is 3.21. The second kappa shape index (κ2) is 5.26. The zero-order valence-electron chi connectivity index (χ0n) is 11.8. The minimum atomic E-state index is -0.129. The lowest BCUT2D eigenvalue weighted by Crippen LogP contribution is -2.17. The highest BCUT2D eigenvalue weighted by atomic mass is 16.2. The number of benzene rings is 1. The lowest BCUT2D eigenvalue weighted by Gasteiger charge is -2.16. The fraction of sp³-hybridized carbons (Fsp3) is 0.333. The molecular formula is C15H19N3O. The van der Waals surface area contributed by atoms with Gasteiger partial charge in [0.15, 0.2) is 0 Å². The van der Waals surface area contributed by atoms with E-state index in [-0.39, 0.29) is 5.91 Å². The summed E-state index contributed by atoms with van der Waals surface area (Å²) in [6, 6.07) is 6.08. The lowest BCUT2D eigenvalue weighted by molar-refractivity contribution is 0.101. The average Bonchev–Trinajstić information content (AvgIpc) is 2.77. The molecule has 0 spiro atoms. The number of carbonyl (C=O) groups excluding carboxylic acids is 1. The predicted molar refractivity (Wildman–Crippen MR) is 76.4 cm³/mol. The maximum atomic E-state index is 12.3. The van der Waals surface area contributed by atoms with Crippen molar-refractivity contribution < 1.29 is 4.79 Å². The summed E-state index contributed by atoms with van der Waals surface area (Å²) in [6.45, 7) is 6.24. The van der Waals surface area contributed by atoms with Crippen molar-refractivity contribution in [3.05, 3.63) is 47.5 Å². The summed E-state index contributed by atoms with van der Waals surface area (Å²) in [5.41, 5.74) is 3.68. The van der Waals surface area contributed by atoms with E-state index in [1.165, 1.54) is 0 Å². The topological polar surface area (TPSA) is 46.9 Å². The van der Waals surface area contributed by atoms with Gasteiger partial charge in [-0.1, -0.05) is 32.0 Å². The Morgan fingerprint density at radius 3 is 2.68 bits per heavy atom. The Morgan fingerprint density at radius 1 is 1.37 bits per heavy atom. The summed E-state index contributed by atoms with van der Waals surface area (Å²) in [6.07, 6.45) is 3.19. The summed E-state index contributed by atoms with van der Waals surface area (Å²) in [5.74, 6) is 0.234. The number of rotatable bonds is 3. The van der Waals surface area contributed by atoms with Crippen molar-refractivity contribution in [1.29, 1.82) is 0 Å². The van der Waals surface area contributed by atoms with Crippen molar-refractivity contribution >= 4 is 11.6 Å². The highest BCUT2D eigenvalue weighted by Gasteiger charge is 2.15. The molecule has 1 amide bonds. The van der Waals surface area contributed by atoms with Gasteiger partial charge in [-0.15, -0.1) is 0 Å². The largest absolute Gasteiger partial charge is 0.330 e. The molecule has 4 heteroatoms. The van der Waals surface area contributed by atoms with Crippen LogP contribution >= 0.6 is 0 Å². The van der Waals surface area contributed by atoms with Crippen LogP contribution in [-0.4, -0.2) is 15.5 Å². The molecule has 100 valence electrons. The second-order valence-electron chi connectivity index (χ2n) is 5.04. The molecule has 0 atom stereocenters. The molecule has 4 nitrogen and oxygen atoms in total. The fourth-order valence-electron chi connectivity index (χ4n) is 2.10. The van der Waals surface area contributed by atoms with Crippen LogP contribution in [-0.2, 0) is 7.05 Å². The van der Waals surface area contributed by atoms with Crippen LogP contribution in [0.25, 0.3) is 0 Å². The summed E-state index contributed by atoms with van der Waals surface area (Å²) in [5, 5.41) is 3.00. The number of anilines is 1. The van der Waals surface area contributed by atoms with Crippen molar-refractivity contribution in [1.82, 2.24) is 9.55 Å². The van der Waals surface area contributed by atoms with Crippen molar-refractivity contribution in [3.8, 4) is 0 Å². The van der Waals surface area contributed by atoms with Gasteiger partial charge in [-0.3, -0.25) is 4.79 Å². The molecule has 0 aliphatic carbocycles. The molecule has 1 N–H and O–H groups in total. The molecule has 2 aromatic rings. The van der Waals surface area contributed by atoms with Gasteiger partial charge < -0.3 is 9.88 Å². The SMILES string of the molecule is Cc1cccc(C(C)C)c1NC(=O)c1cncn1C. The highest BCUT2D eigenvalue weighted by molar-refractivity contribution is 6.03. The molecule has 0 saturated heterocycles. The molecular weight excluding hydrogens is 238 g/mol. The molecule has 0 radical (unpaired) electrons. The van der Waals surface area contributed by atoms with Crippen LogP contribution in [0.4, 0.5) is 5.69 Å². The van der Waals surface area contributed by atoms with Gasteiger partial charge in [0.05, 0.1) is 12.5 Å². The number of imidazole rings is 1. The van der Waals surface area contributed by atoms with Gasteiger partial charge in [-0.2, -0.15) is 0 Å². The van der Waals surface area contributed by atoms with Crippen LogP contribution in [0, 0.1) is 6.92 Å². The Morgan fingerprint density at radius 2 is 2.11 bits per heavy atom. The number of carbonyl (C=O) groups is 1. The summed E-state index contributed by atoms with van der Waals surface area (Å²) in [7, 11) is 1.81. The standard InChI is InChI=1S/C15H19N3O/c1-10(2)12-7-5-6-11(3)14(12)17-15(19)13-8-16-9-18(13)4/h5-10H,1-4H3,(H,17,19). The highest BCUT2D eigenvalue weighted by Crippen LogP contribution is 2.27. The second-order valence-corrected chi connectivity index (χ2v) is 5.04. The Balaban J connectivity index is 2.34. The van der Waals surface area contributed by atoms with E-state index in [1.54, 1.807) is 17.1 Å². The van der Waals surface area contributed by atoms with Crippen molar-refractivity contribution in [2.45, 2.75) is 26.7 Å². The monoisotopic (exact) mass is 257 g/mol. The molecule has 0 aliphatic heterocycles. The average molecular weight is 257 g/mol. The van der Waals surface area contributed by atoms with E-state index in [0.29, 0.717) is 11.6 Å². The minimum absolute atomic E-state index is 0.129.